The molecule has 26 nitrogen and oxygen atoms in total. The second-order valence-electron chi connectivity index (χ2n) is 16.9. The molecule has 3 aromatic carbocycles. The summed E-state index contributed by atoms with van der Waals surface area (Å²) in [5, 5.41) is 0. The van der Waals surface area contributed by atoms with Crippen LogP contribution in [0.5, 0.6) is 34.5 Å². The van der Waals surface area contributed by atoms with Crippen LogP contribution in [0, 0.1) is 0 Å². The third-order valence-corrected chi connectivity index (χ3v) is 9.98. The van der Waals surface area contributed by atoms with E-state index in [9.17, 15) is 57.5 Å². The van der Waals surface area contributed by atoms with Crippen LogP contribution >= 0.6 is 0 Å². The normalized spacial score (nSPS) is 16.6. The maximum atomic E-state index is 14.2. The van der Waals surface area contributed by atoms with E-state index in [-0.39, 0.29) is 63.4 Å². The van der Waals surface area contributed by atoms with Crippen molar-refractivity contribution >= 4 is 71.6 Å². The molecule has 0 aliphatic carbocycles. The van der Waals surface area contributed by atoms with E-state index in [4.69, 9.17) is 66.3 Å². The summed E-state index contributed by atoms with van der Waals surface area (Å²) in [6.45, 7) is 7.63. The average molecular weight is 1110 g/mol. The molecule has 5 atom stereocenters. The first-order valence-electron chi connectivity index (χ1n) is 23.7. The van der Waals surface area contributed by atoms with E-state index in [0.29, 0.717) is 0 Å². The molecule has 424 valence electrons. The van der Waals surface area contributed by atoms with Gasteiger partial charge in [-0.2, -0.15) is 0 Å². The summed E-state index contributed by atoms with van der Waals surface area (Å²) in [7, 11) is 0. The van der Waals surface area contributed by atoms with E-state index in [2.05, 4.69) is 0 Å². The van der Waals surface area contributed by atoms with Crippen LogP contribution in [0.15, 0.2) is 66.2 Å². The van der Waals surface area contributed by atoms with Crippen LogP contribution in [-0.4, -0.2) is 129 Å². The number of ether oxygens (including phenoxy) is 14. The van der Waals surface area contributed by atoms with E-state index < -0.39 is 141 Å². The Balaban J connectivity index is 1.84. The summed E-state index contributed by atoms with van der Waals surface area (Å²) in [6, 6.07) is 11.4. The molecule has 1 fully saturated rings. The zero-order chi connectivity index (χ0) is 58.5. The highest BCUT2D eigenvalue weighted by Gasteiger charge is 2.53. The molecule has 0 amide bonds. The van der Waals surface area contributed by atoms with Gasteiger partial charge in [0.25, 0.3) is 0 Å². The molecule has 1 heterocycles. The van der Waals surface area contributed by atoms with Crippen molar-refractivity contribution in [3.63, 3.8) is 0 Å². The van der Waals surface area contributed by atoms with Gasteiger partial charge in [0.05, 0.1) is 25.9 Å². The Kier molecular flexibility index (Phi) is 23.8. The quantitative estimate of drug-likeness (QED) is 0.0537. The standard InChI is InChI=1S/C53H56O26/c1-27(54)66-17-16-39(24-67-28(2)55)25-69-53-52(79-49(65)23-38-12-15-42(72-31(5)58)45(20-38)75-34(8)61)51(78-48(64)22-37-11-14-41(71-30(4)57)44(19-37)74-33(7)60)50(76-35(9)62)46(77-53)26-68-47(63)21-36-10-13-40(70-29(3)56)43(18-36)73-32(6)59/h10-16,18-20,46,50-53H,17,21-26H2,1-9H3/t46-,50-,51-,52-,53-/m1/s1. The molecule has 0 radical (unpaired) electrons. The van der Waals surface area contributed by atoms with Gasteiger partial charge in [0.1, 0.15) is 25.9 Å². The van der Waals surface area contributed by atoms with Crippen LogP contribution in [0.3, 0.4) is 0 Å². The van der Waals surface area contributed by atoms with Crippen molar-refractivity contribution in [2.75, 3.05) is 26.4 Å². The largest absolute Gasteiger partial charge is 0.463 e. The fourth-order valence-corrected chi connectivity index (χ4v) is 7.08. The minimum Gasteiger partial charge on any atom is -0.463 e. The average Bonchev–Trinajstić information content (AvgIpc) is 3.32. The van der Waals surface area contributed by atoms with Crippen LogP contribution in [0.4, 0.5) is 0 Å². The molecule has 0 bridgehead atoms. The molecule has 0 N–H and O–H groups in total. The lowest BCUT2D eigenvalue weighted by molar-refractivity contribution is -0.307. The van der Waals surface area contributed by atoms with E-state index >= 15 is 0 Å². The minimum atomic E-state index is -1.94. The van der Waals surface area contributed by atoms with E-state index in [1.807, 2.05) is 0 Å². The van der Waals surface area contributed by atoms with Gasteiger partial charge in [-0.05, 0) is 64.7 Å². The van der Waals surface area contributed by atoms with Gasteiger partial charge in [-0.1, -0.05) is 18.2 Å². The van der Waals surface area contributed by atoms with Crippen LogP contribution in [-0.2, 0) is 115 Å². The maximum Gasteiger partial charge on any atom is 0.310 e. The van der Waals surface area contributed by atoms with Crippen LogP contribution in [0.2, 0.25) is 0 Å². The maximum absolute atomic E-state index is 14.2. The van der Waals surface area contributed by atoms with Crippen molar-refractivity contribution in [1.29, 1.82) is 0 Å². The highest BCUT2D eigenvalue weighted by atomic mass is 16.7. The van der Waals surface area contributed by atoms with Gasteiger partial charge in [-0.25, -0.2) is 0 Å². The Labute approximate surface area is 450 Å². The van der Waals surface area contributed by atoms with Crippen molar-refractivity contribution in [1.82, 2.24) is 0 Å². The first-order chi connectivity index (χ1) is 37.2. The zero-order valence-corrected chi connectivity index (χ0v) is 44.2. The Morgan fingerprint density at radius 2 is 0.797 bits per heavy atom. The van der Waals surface area contributed by atoms with Crippen molar-refractivity contribution in [2.45, 2.75) is 112 Å². The van der Waals surface area contributed by atoms with Gasteiger partial charge in [0.15, 0.2) is 59.1 Å². The molecular formula is C53H56O26. The second kappa shape index (κ2) is 30.0. The predicted molar refractivity (Wildman–Crippen MR) is 261 cm³/mol. The Hall–Kier alpha value is -9.04. The first-order valence-corrected chi connectivity index (χ1v) is 23.7. The predicted octanol–water partition coefficient (Wildman–Crippen LogP) is 3.36. The smallest absolute Gasteiger partial charge is 0.310 e. The lowest BCUT2D eigenvalue weighted by Gasteiger charge is -2.44. The number of carbonyl (C=O) groups is 12. The monoisotopic (exact) mass is 1110 g/mol. The van der Waals surface area contributed by atoms with Gasteiger partial charge in [0, 0.05) is 62.3 Å². The van der Waals surface area contributed by atoms with E-state index in [1.54, 1.807) is 0 Å². The van der Waals surface area contributed by atoms with Crippen molar-refractivity contribution in [2.24, 2.45) is 0 Å². The summed E-state index contributed by atoms with van der Waals surface area (Å²) in [5.41, 5.74) is 0.549. The number of carbonyl (C=O) groups excluding carboxylic acids is 12. The number of benzene rings is 3. The van der Waals surface area contributed by atoms with E-state index in [0.717, 1.165) is 62.3 Å². The highest BCUT2D eigenvalue weighted by molar-refractivity contribution is 5.79. The zero-order valence-electron chi connectivity index (χ0n) is 44.2. The summed E-state index contributed by atoms with van der Waals surface area (Å²) in [5.74, 6) is -11.5. The SMILES string of the molecule is CC(=O)OCC=C(COC(C)=O)CO[C@@H]1O[C@H](COC(=O)Cc2ccc(OC(C)=O)c(OC(C)=O)c2)[C@@H](OC(C)=O)[C@@H](OC(=O)Cc2ccc(OC(C)=O)c(OC(C)=O)c2)[C@H]1OC(=O)Cc1ccc(OC(C)=O)c(OC(C)=O)c1. The van der Waals surface area contributed by atoms with Gasteiger partial charge >= 0.3 is 71.6 Å². The Morgan fingerprint density at radius 3 is 1.19 bits per heavy atom. The fraction of sp³-hybridized carbons (Fsp3) is 0.396. The lowest BCUT2D eigenvalue weighted by Crippen LogP contribution is -2.63. The Bertz CT molecular complexity index is 2850. The highest BCUT2D eigenvalue weighted by Crippen LogP contribution is 2.34. The molecule has 0 saturated carbocycles. The third-order valence-electron chi connectivity index (χ3n) is 9.98. The summed E-state index contributed by atoms with van der Waals surface area (Å²) in [6.07, 6.45) is -9.76. The second-order valence-corrected chi connectivity index (χ2v) is 16.9. The number of esters is 12. The van der Waals surface area contributed by atoms with Gasteiger partial charge in [-0.15, -0.1) is 0 Å². The summed E-state index contributed by atoms with van der Waals surface area (Å²) < 4.78 is 76.8. The molecule has 0 unspecified atom stereocenters. The molecule has 1 aliphatic rings. The van der Waals surface area contributed by atoms with Crippen molar-refractivity contribution in [3.05, 3.63) is 82.9 Å². The molecule has 79 heavy (non-hydrogen) atoms. The fourth-order valence-electron chi connectivity index (χ4n) is 7.08. The molecule has 3 aromatic rings. The molecular weight excluding hydrogens is 1050 g/mol. The van der Waals surface area contributed by atoms with Crippen LogP contribution < -0.4 is 28.4 Å². The molecule has 0 aromatic heterocycles. The lowest BCUT2D eigenvalue weighted by atomic mass is 9.97. The molecule has 1 saturated heterocycles. The Morgan fingerprint density at radius 1 is 0.405 bits per heavy atom. The number of hydrogen-bond donors (Lipinski definition) is 0. The van der Waals surface area contributed by atoms with Gasteiger partial charge < -0.3 is 66.3 Å². The number of hydrogen-bond acceptors (Lipinski definition) is 26. The molecule has 26 heteroatoms. The van der Waals surface area contributed by atoms with Gasteiger partial charge in [0.2, 0.25) is 0 Å². The van der Waals surface area contributed by atoms with Crippen LogP contribution in [0.25, 0.3) is 0 Å². The molecule has 0 spiro atoms. The third kappa shape index (κ3) is 21.8. The molecule has 4 rings (SSSR count). The minimum absolute atomic E-state index is 0.103. The first kappa shape index (κ1) is 62.5. The molecule has 1 aliphatic heterocycles. The van der Waals surface area contributed by atoms with Gasteiger partial charge in [-0.3, -0.25) is 57.5 Å². The van der Waals surface area contributed by atoms with Crippen molar-refractivity contribution in [3.8, 4) is 34.5 Å². The summed E-state index contributed by atoms with van der Waals surface area (Å²) >= 11 is 0. The van der Waals surface area contributed by atoms with Crippen LogP contribution in [0.1, 0.15) is 79.0 Å². The van der Waals surface area contributed by atoms with E-state index in [1.165, 1.54) is 60.7 Å². The summed E-state index contributed by atoms with van der Waals surface area (Å²) in [4.78, 5) is 150. The van der Waals surface area contributed by atoms with Crippen molar-refractivity contribution < 1.29 is 124 Å². The topological polar surface area (TPSA) is 334 Å². The number of rotatable bonds is 24.